The van der Waals surface area contributed by atoms with Gasteiger partial charge in [-0.1, -0.05) is 24.1 Å². The summed E-state index contributed by atoms with van der Waals surface area (Å²) in [5, 5.41) is 0. The van der Waals surface area contributed by atoms with Crippen molar-refractivity contribution in [1.82, 2.24) is 0 Å². The van der Waals surface area contributed by atoms with Crippen molar-refractivity contribution in [3.05, 3.63) is 29.3 Å². The number of aryl methyl sites for hydroxylation is 1. The summed E-state index contributed by atoms with van der Waals surface area (Å²) in [5.74, 6) is 1.01. The predicted molar refractivity (Wildman–Crippen MR) is 73.8 cm³/mol. The van der Waals surface area contributed by atoms with Gasteiger partial charge in [0.05, 0.1) is 0 Å². The fourth-order valence-electron chi connectivity index (χ4n) is 3.69. The third-order valence-electron chi connectivity index (χ3n) is 4.53. The van der Waals surface area contributed by atoms with Crippen molar-refractivity contribution in [2.45, 2.75) is 63.5 Å². The monoisotopic (exact) mass is 245 g/mol. The van der Waals surface area contributed by atoms with Crippen molar-refractivity contribution in [1.29, 1.82) is 0 Å². The lowest BCUT2D eigenvalue weighted by Crippen LogP contribution is -2.51. The topological polar surface area (TPSA) is 35.2 Å². The van der Waals surface area contributed by atoms with E-state index in [4.69, 9.17) is 10.5 Å². The molecule has 2 heteroatoms. The molecular formula is C16H23NO. The van der Waals surface area contributed by atoms with E-state index in [2.05, 4.69) is 32.0 Å². The van der Waals surface area contributed by atoms with Crippen LogP contribution in [0.25, 0.3) is 0 Å². The van der Waals surface area contributed by atoms with Gasteiger partial charge in [0.2, 0.25) is 0 Å². The third-order valence-corrected chi connectivity index (χ3v) is 4.53. The molecule has 0 aromatic heterocycles. The van der Waals surface area contributed by atoms with Crippen LogP contribution in [-0.4, -0.2) is 5.60 Å². The van der Waals surface area contributed by atoms with E-state index >= 15 is 0 Å². The molecule has 1 fully saturated rings. The molecule has 1 spiro atoms. The first-order valence-corrected chi connectivity index (χ1v) is 7.10. The maximum atomic E-state index is 6.58. The van der Waals surface area contributed by atoms with Crippen LogP contribution in [-0.2, 0) is 5.54 Å². The van der Waals surface area contributed by atoms with E-state index in [1.54, 1.807) is 0 Å². The molecule has 3 rings (SSSR count). The van der Waals surface area contributed by atoms with Crippen molar-refractivity contribution in [2.24, 2.45) is 5.73 Å². The Morgan fingerprint density at radius 3 is 2.61 bits per heavy atom. The third kappa shape index (κ3) is 1.93. The Kier molecular flexibility index (Phi) is 2.67. The van der Waals surface area contributed by atoms with Crippen molar-refractivity contribution in [3.8, 4) is 5.75 Å². The van der Waals surface area contributed by atoms with Crippen LogP contribution in [0.15, 0.2) is 18.2 Å². The maximum absolute atomic E-state index is 6.58. The maximum Gasteiger partial charge on any atom is 0.125 e. The number of nitrogens with two attached hydrogens (primary N) is 1. The largest absolute Gasteiger partial charge is 0.487 e. The predicted octanol–water partition coefficient (Wildman–Crippen LogP) is 3.65. The first-order valence-electron chi connectivity index (χ1n) is 7.10. The molecule has 0 radical (unpaired) electrons. The highest BCUT2D eigenvalue weighted by Crippen LogP contribution is 2.47. The lowest BCUT2D eigenvalue weighted by molar-refractivity contribution is -0.0147. The van der Waals surface area contributed by atoms with Gasteiger partial charge in [-0.25, -0.2) is 0 Å². The molecule has 98 valence electrons. The molecule has 1 heterocycles. The fourth-order valence-corrected chi connectivity index (χ4v) is 3.69. The summed E-state index contributed by atoms with van der Waals surface area (Å²) in [5.41, 5.74) is 8.77. The van der Waals surface area contributed by atoms with Crippen LogP contribution >= 0.6 is 0 Å². The summed E-state index contributed by atoms with van der Waals surface area (Å²) in [4.78, 5) is 0. The zero-order valence-corrected chi connectivity index (χ0v) is 11.5. The average molecular weight is 245 g/mol. The van der Waals surface area contributed by atoms with Crippen molar-refractivity contribution in [3.63, 3.8) is 0 Å². The van der Waals surface area contributed by atoms with Crippen LogP contribution in [0, 0.1) is 6.92 Å². The molecule has 1 saturated carbocycles. The Morgan fingerprint density at radius 2 is 1.89 bits per heavy atom. The highest BCUT2D eigenvalue weighted by Gasteiger charge is 2.45. The van der Waals surface area contributed by atoms with Crippen LogP contribution in [0.4, 0.5) is 0 Å². The van der Waals surface area contributed by atoms with Gasteiger partial charge < -0.3 is 10.5 Å². The molecule has 1 aromatic rings. The van der Waals surface area contributed by atoms with Crippen LogP contribution in [0.5, 0.6) is 5.75 Å². The van der Waals surface area contributed by atoms with Crippen molar-refractivity contribution < 1.29 is 4.74 Å². The van der Waals surface area contributed by atoms with E-state index in [1.165, 1.54) is 30.4 Å². The smallest absolute Gasteiger partial charge is 0.125 e. The molecule has 1 aliphatic heterocycles. The Bertz CT molecular complexity index is 458. The van der Waals surface area contributed by atoms with E-state index in [9.17, 15) is 0 Å². The van der Waals surface area contributed by atoms with Crippen LogP contribution in [0.1, 0.15) is 56.6 Å². The molecule has 0 bridgehead atoms. The number of benzene rings is 1. The van der Waals surface area contributed by atoms with Gasteiger partial charge in [0.25, 0.3) is 0 Å². The lowest BCUT2D eigenvalue weighted by atomic mass is 9.72. The lowest BCUT2D eigenvalue weighted by Gasteiger charge is -2.47. The number of hydrogen-bond acceptors (Lipinski definition) is 2. The van der Waals surface area contributed by atoms with E-state index in [0.29, 0.717) is 0 Å². The molecule has 1 unspecified atom stereocenters. The van der Waals surface area contributed by atoms with E-state index < -0.39 is 0 Å². The zero-order valence-electron chi connectivity index (χ0n) is 11.5. The summed E-state index contributed by atoms with van der Waals surface area (Å²) in [6.45, 7) is 4.27. The summed E-state index contributed by atoms with van der Waals surface area (Å²) in [7, 11) is 0. The van der Waals surface area contributed by atoms with Crippen molar-refractivity contribution in [2.75, 3.05) is 0 Å². The van der Waals surface area contributed by atoms with E-state index in [0.717, 1.165) is 25.0 Å². The second-order valence-corrected chi connectivity index (χ2v) is 6.44. The van der Waals surface area contributed by atoms with Gasteiger partial charge in [-0.15, -0.1) is 0 Å². The second kappa shape index (κ2) is 3.99. The summed E-state index contributed by atoms with van der Waals surface area (Å²) >= 11 is 0. The number of ether oxygens (including phenoxy) is 1. The summed E-state index contributed by atoms with van der Waals surface area (Å²) in [6.07, 6.45) is 7.17. The average Bonchev–Trinajstić information content (AvgIpc) is 2.31. The quantitative estimate of drug-likeness (QED) is 0.757. The van der Waals surface area contributed by atoms with Gasteiger partial charge in [-0.2, -0.15) is 0 Å². The Hall–Kier alpha value is -1.02. The highest BCUT2D eigenvalue weighted by molar-refractivity contribution is 5.44. The van der Waals surface area contributed by atoms with Crippen molar-refractivity contribution >= 4 is 0 Å². The molecule has 2 N–H and O–H groups in total. The Labute approximate surface area is 110 Å². The number of hydrogen-bond donors (Lipinski definition) is 1. The van der Waals surface area contributed by atoms with E-state index in [-0.39, 0.29) is 11.1 Å². The molecular weight excluding hydrogens is 222 g/mol. The normalized spacial score (nSPS) is 29.7. The molecule has 2 nitrogen and oxygen atoms in total. The Morgan fingerprint density at radius 1 is 1.17 bits per heavy atom. The SMILES string of the molecule is Cc1ccc2c(c1)C(C)(N)CC1(CCCCC1)O2. The molecule has 18 heavy (non-hydrogen) atoms. The highest BCUT2D eigenvalue weighted by atomic mass is 16.5. The van der Waals surface area contributed by atoms with Gasteiger partial charge in [0.1, 0.15) is 11.4 Å². The van der Waals surface area contributed by atoms with Gasteiger partial charge >= 0.3 is 0 Å². The fraction of sp³-hybridized carbons (Fsp3) is 0.625. The number of fused-ring (bicyclic) bond motifs is 1. The van der Waals surface area contributed by atoms with Crippen LogP contribution < -0.4 is 10.5 Å². The zero-order chi connectivity index (χ0) is 12.8. The molecule has 1 aliphatic carbocycles. The van der Waals surface area contributed by atoms with Gasteiger partial charge in [0.15, 0.2) is 0 Å². The minimum atomic E-state index is -0.253. The molecule has 0 saturated heterocycles. The van der Waals surface area contributed by atoms with Gasteiger partial charge in [-0.3, -0.25) is 0 Å². The molecule has 0 amide bonds. The minimum absolute atomic E-state index is 0.00398. The van der Waals surface area contributed by atoms with E-state index in [1.807, 2.05) is 0 Å². The van der Waals surface area contributed by atoms with Gasteiger partial charge in [-0.05, 0) is 45.6 Å². The minimum Gasteiger partial charge on any atom is -0.487 e. The second-order valence-electron chi connectivity index (χ2n) is 6.44. The van der Waals surface area contributed by atoms with Crippen LogP contribution in [0.3, 0.4) is 0 Å². The molecule has 2 aliphatic rings. The summed E-state index contributed by atoms with van der Waals surface area (Å²) < 4.78 is 6.37. The molecule has 1 aromatic carbocycles. The first-order chi connectivity index (χ1) is 8.51. The van der Waals surface area contributed by atoms with Crippen LogP contribution in [0.2, 0.25) is 0 Å². The molecule has 1 atom stereocenters. The first kappa shape index (κ1) is 12.0. The van der Waals surface area contributed by atoms with Gasteiger partial charge in [0, 0.05) is 17.5 Å². The summed E-state index contributed by atoms with van der Waals surface area (Å²) in [6, 6.07) is 6.41. The standard InChI is InChI=1S/C16H23NO/c1-12-6-7-14-13(10-12)15(2,17)11-16(18-14)8-4-3-5-9-16/h6-7,10H,3-5,8-9,11,17H2,1-2H3. The number of rotatable bonds is 0. The Balaban J connectivity index is 2.02.